The van der Waals surface area contributed by atoms with E-state index in [1.807, 2.05) is 24.3 Å². The first-order valence-electron chi connectivity index (χ1n) is 7.03. The highest BCUT2D eigenvalue weighted by atomic mass is 35.5. The molecule has 0 saturated heterocycles. The van der Waals surface area contributed by atoms with Crippen LogP contribution < -0.4 is 0 Å². The molecule has 3 aromatic rings. The van der Waals surface area contributed by atoms with Gasteiger partial charge in [-0.3, -0.25) is 0 Å². The molecule has 0 unspecified atom stereocenters. The molecule has 1 nitrogen and oxygen atoms in total. The molecule has 0 radical (unpaired) electrons. The summed E-state index contributed by atoms with van der Waals surface area (Å²) < 4.78 is 13.5. The number of para-hydroxylation sites is 1. The van der Waals surface area contributed by atoms with Crippen molar-refractivity contribution in [3.05, 3.63) is 64.9 Å². The smallest absolute Gasteiger partial charge is 0.123 e. The lowest BCUT2D eigenvalue weighted by Gasteiger charge is -2.11. The maximum Gasteiger partial charge on any atom is 0.123 e. The van der Waals surface area contributed by atoms with Crippen molar-refractivity contribution < 1.29 is 4.39 Å². The van der Waals surface area contributed by atoms with Crippen LogP contribution in [0.1, 0.15) is 18.9 Å². The molecular formula is C18H15ClFN. The maximum absolute atomic E-state index is 13.5. The molecule has 0 aliphatic carbocycles. The Morgan fingerprint density at radius 1 is 1.10 bits per heavy atom. The topological polar surface area (TPSA) is 12.9 Å². The highest BCUT2D eigenvalue weighted by Crippen LogP contribution is 2.30. The van der Waals surface area contributed by atoms with Crippen LogP contribution >= 0.6 is 11.6 Å². The van der Waals surface area contributed by atoms with Crippen LogP contribution in [0.3, 0.4) is 0 Å². The number of aromatic nitrogens is 1. The van der Waals surface area contributed by atoms with Crippen LogP contribution in [0.4, 0.5) is 4.39 Å². The third-order valence-corrected chi connectivity index (χ3v) is 3.80. The molecule has 0 aliphatic rings. The second-order valence-corrected chi connectivity index (χ2v) is 5.48. The Morgan fingerprint density at radius 3 is 2.67 bits per heavy atom. The zero-order valence-electron chi connectivity index (χ0n) is 11.7. The summed E-state index contributed by atoms with van der Waals surface area (Å²) in [4.78, 5) is 4.71. The Morgan fingerprint density at radius 2 is 1.90 bits per heavy atom. The van der Waals surface area contributed by atoms with Crippen molar-refractivity contribution in [2.45, 2.75) is 19.8 Å². The van der Waals surface area contributed by atoms with E-state index in [9.17, 15) is 4.39 Å². The number of rotatable bonds is 3. The van der Waals surface area contributed by atoms with Crippen molar-refractivity contribution in [3.8, 4) is 11.3 Å². The van der Waals surface area contributed by atoms with E-state index in [2.05, 4.69) is 13.0 Å². The summed E-state index contributed by atoms with van der Waals surface area (Å²) in [6.45, 7) is 2.12. The zero-order chi connectivity index (χ0) is 14.8. The molecular weight excluding hydrogens is 285 g/mol. The molecule has 0 N–H and O–H groups in total. The molecule has 3 rings (SSSR count). The fraction of sp³-hybridized carbons (Fsp3) is 0.167. The predicted molar refractivity (Wildman–Crippen MR) is 86.1 cm³/mol. The van der Waals surface area contributed by atoms with Gasteiger partial charge in [0.05, 0.1) is 16.2 Å². The molecule has 3 heteroatoms. The van der Waals surface area contributed by atoms with E-state index in [0.717, 1.165) is 40.6 Å². The van der Waals surface area contributed by atoms with Gasteiger partial charge in [-0.1, -0.05) is 49.2 Å². The summed E-state index contributed by atoms with van der Waals surface area (Å²) in [6, 6.07) is 14.4. The van der Waals surface area contributed by atoms with Gasteiger partial charge in [0, 0.05) is 10.9 Å². The second kappa shape index (κ2) is 5.82. The van der Waals surface area contributed by atoms with Gasteiger partial charge in [0.25, 0.3) is 0 Å². The second-order valence-electron chi connectivity index (χ2n) is 5.07. The fourth-order valence-electron chi connectivity index (χ4n) is 2.55. The van der Waals surface area contributed by atoms with Crippen LogP contribution in [0.2, 0.25) is 5.02 Å². The van der Waals surface area contributed by atoms with E-state index in [0.29, 0.717) is 5.02 Å². The number of halogens is 2. The van der Waals surface area contributed by atoms with E-state index < -0.39 is 0 Å². The molecule has 0 saturated carbocycles. The van der Waals surface area contributed by atoms with Crippen molar-refractivity contribution >= 4 is 22.5 Å². The largest absolute Gasteiger partial charge is 0.246 e. The number of nitrogens with zero attached hydrogens (tertiary/aromatic N) is 1. The van der Waals surface area contributed by atoms with Crippen LogP contribution in [0.5, 0.6) is 0 Å². The van der Waals surface area contributed by atoms with Gasteiger partial charge in [0.15, 0.2) is 0 Å². The average Bonchev–Trinajstić information content (AvgIpc) is 2.47. The van der Waals surface area contributed by atoms with Crippen molar-refractivity contribution in [3.63, 3.8) is 0 Å². The average molecular weight is 300 g/mol. The molecule has 2 aromatic carbocycles. The number of hydrogen-bond donors (Lipinski definition) is 0. The molecule has 1 heterocycles. The lowest BCUT2D eigenvalue weighted by molar-refractivity contribution is 0.628. The first-order chi connectivity index (χ1) is 10.2. The number of hydrogen-bond acceptors (Lipinski definition) is 1. The van der Waals surface area contributed by atoms with Crippen LogP contribution in [0.15, 0.2) is 48.5 Å². The van der Waals surface area contributed by atoms with E-state index in [4.69, 9.17) is 16.6 Å². The Kier molecular flexibility index (Phi) is 3.89. The standard InChI is InChI=1S/C18H15ClFN/c1-2-5-12-10-13-7-4-9-16(19)18(13)21-17(12)14-6-3-8-15(20)11-14/h3-4,6-11H,2,5H2,1H3. The highest BCUT2D eigenvalue weighted by Gasteiger charge is 2.11. The van der Waals surface area contributed by atoms with Crippen molar-refractivity contribution in [1.29, 1.82) is 0 Å². The molecule has 0 aliphatic heterocycles. The van der Waals surface area contributed by atoms with Gasteiger partial charge in [-0.15, -0.1) is 0 Å². The van der Waals surface area contributed by atoms with Crippen LogP contribution in [-0.4, -0.2) is 4.98 Å². The van der Waals surface area contributed by atoms with E-state index >= 15 is 0 Å². The number of aryl methyl sites for hydroxylation is 1. The molecule has 21 heavy (non-hydrogen) atoms. The van der Waals surface area contributed by atoms with Gasteiger partial charge in [-0.05, 0) is 36.2 Å². The minimum atomic E-state index is -0.254. The summed E-state index contributed by atoms with van der Waals surface area (Å²) in [5, 5.41) is 1.64. The van der Waals surface area contributed by atoms with Crippen molar-refractivity contribution in [2.75, 3.05) is 0 Å². The SMILES string of the molecule is CCCc1cc2cccc(Cl)c2nc1-c1cccc(F)c1. The summed E-state index contributed by atoms with van der Waals surface area (Å²) in [7, 11) is 0. The van der Waals surface area contributed by atoms with Gasteiger partial charge < -0.3 is 0 Å². The minimum absolute atomic E-state index is 0.254. The Balaban J connectivity index is 2.28. The molecule has 0 amide bonds. The number of benzene rings is 2. The quantitative estimate of drug-likeness (QED) is 0.609. The Labute approximate surface area is 128 Å². The Hall–Kier alpha value is -1.93. The summed E-state index contributed by atoms with van der Waals surface area (Å²) in [6.07, 6.45) is 1.91. The highest BCUT2D eigenvalue weighted by molar-refractivity contribution is 6.35. The Bertz CT molecular complexity index is 798. The van der Waals surface area contributed by atoms with Crippen LogP contribution in [-0.2, 0) is 6.42 Å². The molecule has 106 valence electrons. The first kappa shape index (κ1) is 14.0. The first-order valence-corrected chi connectivity index (χ1v) is 7.41. The number of pyridine rings is 1. The molecule has 1 aromatic heterocycles. The zero-order valence-corrected chi connectivity index (χ0v) is 12.5. The molecule has 0 fully saturated rings. The van der Waals surface area contributed by atoms with Crippen LogP contribution in [0.25, 0.3) is 22.2 Å². The fourth-order valence-corrected chi connectivity index (χ4v) is 2.78. The molecule has 0 atom stereocenters. The number of fused-ring (bicyclic) bond motifs is 1. The summed E-state index contributed by atoms with van der Waals surface area (Å²) in [5.74, 6) is -0.254. The lowest BCUT2D eigenvalue weighted by Crippen LogP contribution is -1.95. The van der Waals surface area contributed by atoms with E-state index in [1.165, 1.54) is 12.1 Å². The van der Waals surface area contributed by atoms with Gasteiger partial charge >= 0.3 is 0 Å². The molecule has 0 spiro atoms. The van der Waals surface area contributed by atoms with Gasteiger partial charge in [0.1, 0.15) is 5.82 Å². The maximum atomic E-state index is 13.5. The predicted octanol–water partition coefficient (Wildman–Crippen LogP) is 5.65. The minimum Gasteiger partial charge on any atom is -0.246 e. The van der Waals surface area contributed by atoms with E-state index in [1.54, 1.807) is 6.07 Å². The van der Waals surface area contributed by atoms with E-state index in [-0.39, 0.29) is 5.82 Å². The third-order valence-electron chi connectivity index (χ3n) is 3.49. The summed E-state index contributed by atoms with van der Waals surface area (Å²) in [5.41, 5.74) is 3.49. The van der Waals surface area contributed by atoms with Crippen molar-refractivity contribution in [1.82, 2.24) is 4.98 Å². The van der Waals surface area contributed by atoms with Gasteiger partial charge in [-0.2, -0.15) is 0 Å². The monoisotopic (exact) mass is 299 g/mol. The normalized spacial score (nSPS) is 11.0. The summed E-state index contributed by atoms with van der Waals surface area (Å²) >= 11 is 6.24. The van der Waals surface area contributed by atoms with Crippen LogP contribution in [0, 0.1) is 5.82 Å². The van der Waals surface area contributed by atoms with Gasteiger partial charge in [-0.25, -0.2) is 9.37 Å². The molecule has 0 bridgehead atoms. The van der Waals surface area contributed by atoms with Gasteiger partial charge in [0.2, 0.25) is 0 Å². The third kappa shape index (κ3) is 2.77. The van der Waals surface area contributed by atoms with Crippen molar-refractivity contribution in [2.24, 2.45) is 0 Å². The lowest BCUT2D eigenvalue weighted by atomic mass is 10.00.